The van der Waals surface area contributed by atoms with Gasteiger partial charge in [-0.1, -0.05) is 44.6 Å². The summed E-state index contributed by atoms with van der Waals surface area (Å²) < 4.78 is 0. The minimum Gasteiger partial charge on any atom is -0.508 e. The number of phenolic OH excluding ortho intramolecular Hbond substituents is 1. The second-order valence-corrected chi connectivity index (χ2v) is 5.68. The molecule has 0 saturated heterocycles. The van der Waals surface area contributed by atoms with Crippen molar-refractivity contribution in [3.63, 3.8) is 0 Å². The van der Waals surface area contributed by atoms with E-state index in [4.69, 9.17) is 0 Å². The van der Waals surface area contributed by atoms with Crippen LogP contribution in [0, 0.1) is 5.41 Å². The molecular weight excluding hydrogens is 196 g/mol. The molecule has 0 aliphatic rings. The quantitative estimate of drug-likeness (QED) is 0.725. The van der Waals surface area contributed by atoms with Crippen molar-refractivity contribution in [2.45, 2.75) is 40.5 Å². The van der Waals surface area contributed by atoms with Gasteiger partial charge in [0.05, 0.1) is 0 Å². The molecule has 0 bridgehead atoms. The van der Waals surface area contributed by atoms with Crippen molar-refractivity contribution in [3.05, 3.63) is 41.5 Å². The molecule has 0 radical (unpaired) electrons. The highest BCUT2D eigenvalue weighted by Gasteiger charge is 2.23. The van der Waals surface area contributed by atoms with Gasteiger partial charge in [0.15, 0.2) is 0 Å². The van der Waals surface area contributed by atoms with Crippen molar-refractivity contribution in [1.29, 1.82) is 0 Å². The summed E-state index contributed by atoms with van der Waals surface area (Å²) >= 11 is 0. The molecule has 1 atom stereocenters. The molecule has 0 aliphatic heterocycles. The normalized spacial score (nSPS) is 13.3. The molecule has 1 aromatic carbocycles. The monoisotopic (exact) mass is 218 g/mol. The summed E-state index contributed by atoms with van der Waals surface area (Å²) in [6.07, 6.45) is 2.30. The van der Waals surface area contributed by atoms with Gasteiger partial charge in [0, 0.05) is 5.92 Å². The maximum absolute atomic E-state index is 9.31. The smallest absolute Gasteiger partial charge is 0.115 e. The fraction of sp³-hybridized carbons (Fsp3) is 0.467. The van der Waals surface area contributed by atoms with E-state index < -0.39 is 0 Å². The lowest BCUT2D eigenvalue weighted by atomic mass is 9.76. The van der Waals surface area contributed by atoms with Gasteiger partial charge in [-0.25, -0.2) is 0 Å². The van der Waals surface area contributed by atoms with E-state index in [1.165, 1.54) is 11.1 Å². The highest BCUT2D eigenvalue weighted by Crippen LogP contribution is 2.37. The van der Waals surface area contributed by atoms with Gasteiger partial charge in [-0.15, -0.1) is 0 Å². The summed E-state index contributed by atoms with van der Waals surface area (Å²) in [7, 11) is 0. The average Bonchev–Trinajstić information content (AvgIpc) is 2.14. The van der Waals surface area contributed by atoms with E-state index in [1.807, 2.05) is 12.1 Å². The predicted molar refractivity (Wildman–Crippen MR) is 69.7 cm³/mol. The van der Waals surface area contributed by atoms with Crippen LogP contribution in [0.2, 0.25) is 0 Å². The number of aromatic hydroxyl groups is 1. The predicted octanol–water partition coefficient (Wildman–Crippen LogP) is 4.49. The minimum atomic E-state index is 0.189. The first-order valence-corrected chi connectivity index (χ1v) is 5.74. The average molecular weight is 218 g/mol. The highest BCUT2D eigenvalue weighted by molar-refractivity contribution is 5.32. The first-order valence-electron chi connectivity index (χ1n) is 5.74. The van der Waals surface area contributed by atoms with E-state index >= 15 is 0 Å². The maximum Gasteiger partial charge on any atom is 0.115 e. The van der Waals surface area contributed by atoms with E-state index in [2.05, 4.69) is 40.7 Å². The topological polar surface area (TPSA) is 20.2 Å². The Balaban J connectivity index is 3.12. The summed E-state index contributed by atoms with van der Waals surface area (Å²) in [6.45, 7) is 11.0. The molecule has 0 aromatic heterocycles. The lowest BCUT2D eigenvalue weighted by Crippen LogP contribution is -2.16. The van der Waals surface area contributed by atoms with Crippen molar-refractivity contribution in [2.75, 3.05) is 0 Å². The van der Waals surface area contributed by atoms with Gasteiger partial charge in [0.25, 0.3) is 0 Å². The van der Waals surface area contributed by atoms with E-state index in [9.17, 15) is 5.11 Å². The molecule has 1 heteroatoms. The summed E-state index contributed by atoms with van der Waals surface area (Å²) in [4.78, 5) is 0. The van der Waals surface area contributed by atoms with Crippen LogP contribution in [-0.2, 0) is 0 Å². The summed E-state index contributed by atoms with van der Waals surface area (Å²) in [5.74, 6) is 0.715. The third-order valence-electron chi connectivity index (χ3n) is 2.69. The van der Waals surface area contributed by atoms with Gasteiger partial charge in [-0.3, -0.25) is 0 Å². The lowest BCUT2D eigenvalue weighted by Gasteiger charge is -2.29. The van der Waals surface area contributed by atoms with Gasteiger partial charge in [0.2, 0.25) is 0 Å². The molecule has 0 saturated carbocycles. The largest absolute Gasteiger partial charge is 0.508 e. The second-order valence-electron chi connectivity index (χ2n) is 5.68. The van der Waals surface area contributed by atoms with Gasteiger partial charge < -0.3 is 5.11 Å². The summed E-state index contributed by atoms with van der Waals surface area (Å²) in [5.41, 5.74) is 2.77. The van der Waals surface area contributed by atoms with Crippen molar-refractivity contribution >= 4 is 0 Å². The third kappa shape index (κ3) is 3.41. The van der Waals surface area contributed by atoms with Gasteiger partial charge in [0.1, 0.15) is 5.75 Å². The Morgan fingerprint density at radius 1 is 1.12 bits per heavy atom. The number of hydrogen-bond donors (Lipinski definition) is 1. The van der Waals surface area contributed by atoms with Crippen LogP contribution in [-0.4, -0.2) is 5.11 Å². The van der Waals surface area contributed by atoms with Crippen LogP contribution in [0.5, 0.6) is 5.75 Å². The van der Waals surface area contributed by atoms with E-state index in [0.29, 0.717) is 11.7 Å². The number of allylic oxidation sites excluding steroid dienone is 2. The van der Waals surface area contributed by atoms with Crippen molar-refractivity contribution in [1.82, 2.24) is 0 Å². The van der Waals surface area contributed by atoms with Gasteiger partial charge >= 0.3 is 0 Å². The standard InChI is InChI=1S/C15H22O/c1-11(2)10-14(15(3,4)5)12-6-8-13(16)9-7-12/h6-10,14,16H,1-5H3. The zero-order chi connectivity index (χ0) is 12.3. The Morgan fingerprint density at radius 3 is 2.00 bits per heavy atom. The molecule has 0 amide bonds. The van der Waals surface area contributed by atoms with Crippen LogP contribution >= 0.6 is 0 Å². The molecule has 16 heavy (non-hydrogen) atoms. The van der Waals surface area contributed by atoms with E-state index in [1.54, 1.807) is 12.1 Å². The number of rotatable bonds is 2. The van der Waals surface area contributed by atoms with Gasteiger partial charge in [-0.2, -0.15) is 0 Å². The van der Waals surface area contributed by atoms with Crippen LogP contribution in [0.1, 0.15) is 46.1 Å². The molecule has 0 aliphatic carbocycles. The molecule has 0 heterocycles. The SMILES string of the molecule is CC(C)=CC(c1ccc(O)cc1)C(C)(C)C. The van der Waals surface area contributed by atoms with Crippen LogP contribution in [0.3, 0.4) is 0 Å². The first-order chi connectivity index (χ1) is 7.30. The number of benzene rings is 1. The van der Waals surface area contributed by atoms with Gasteiger partial charge in [-0.05, 0) is 37.0 Å². The Morgan fingerprint density at radius 2 is 1.62 bits per heavy atom. The molecule has 1 N–H and O–H groups in total. The molecule has 1 aromatic rings. The van der Waals surface area contributed by atoms with Crippen molar-refractivity contribution in [2.24, 2.45) is 5.41 Å². The zero-order valence-corrected chi connectivity index (χ0v) is 10.9. The Bertz CT molecular complexity index is 361. The van der Waals surface area contributed by atoms with Crippen LogP contribution in [0.25, 0.3) is 0 Å². The van der Waals surface area contributed by atoms with Crippen LogP contribution in [0.15, 0.2) is 35.9 Å². The molecule has 88 valence electrons. The fourth-order valence-electron chi connectivity index (χ4n) is 1.86. The van der Waals surface area contributed by atoms with E-state index in [-0.39, 0.29) is 5.41 Å². The summed E-state index contributed by atoms with van der Waals surface area (Å²) in [6, 6.07) is 7.52. The van der Waals surface area contributed by atoms with Crippen LogP contribution in [0.4, 0.5) is 0 Å². The maximum atomic E-state index is 9.31. The van der Waals surface area contributed by atoms with Crippen LogP contribution < -0.4 is 0 Å². The number of hydrogen-bond acceptors (Lipinski definition) is 1. The molecule has 0 spiro atoms. The van der Waals surface area contributed by atoms with Crippen molar-refractivity contribution < 1.29 is 5.11 Å². The Labute approximate surface area is 98.8 Å². The third-order valence-corrected chi connectivity index (χ3v) is 2.69. The highest BCUT2D eigenvalue weighted by atomic mass is 16.3. The Kier molecular flexibility index (Phi) is 3.79. The molecule has 0 fully saturated rings. The number of phenols is 1. The molecular formula is C15H22O. The Hall–Kier alpha value is -1.24. The molecule has 1 rings (SSSR count). The minimum absolute atomic E-state index is 0.189. The molecule has 1 unspecified atom stereocenters. The zero-order valence-electron chi connectivity index (χ0n) is 10.9. The van der Waals surface area contributed by atoms with Crippen molar-refractivity contribution in [3.8, 4) is 5.75 Å². The first kappa shape index (κ1) is 12.8. The molecule has 1 nitrogen and oxygen atoms in total. The lowest BCUT2D eigenvalue weighted by molar-refractivity contribution is 0.365. The summed E-state index contributed by atoms with van der Waals surface area (Å²) in [5, 5.41) is 9.31. The fourth-order valence-corrected chi connectivity index (χ4v) is 1.86. The van der Waals surface area contributed by atoms with E-state index in [0.717, 1.165) is 0 Å². The second kappa shape index (κ2) is 4.73.